The average molecular weight is 308 g/mol. The number of carboxylic acids is 1. The number of carboxylic acid groups (broad SMARTS) is 1. The Labute approximate surface area is 126 Å². The zero-order valence-electron chi connectivity index (χ0n) is 11.4. The van der Waals surface area contributed by atoms with Crippen molar-refractivity contribution in [2.75, 3.05) is 44.2 Å². The molecule has 2 heterocycles. The lowest BCUT2D eigenvalue weighted by molar-refractivity contribution is -0.137. The summed E-state index contributed by atoms with van der Waals surface area (Å²) in [5, 5.41) is 11.7. The highest BCUT2D eigenvalue weighted by Gasteiger charge is 2.26. The quantitative estimate of drug-likeness (QED) is 0.815. The van der Waals surface area contributed by atoms with Crippen LogP contribution in [-0.2, 0) is 4.79 Å². The number of hydrogen-bond donors (Lipinski definition) is 1. The van der Waals surface area contributed by atoms with Gasteiger partial charge in [0.1, 0.15) is 6.54 Å². The van der Waals surface area contributed by atoms with Crippen LogP contribution >= 0.6 is 11.3 Å². The number of rotatable bonds is 4. The second-order valence-corrected chi connectivity index (χ2v) is 5.40. The molecule has 0 atom stereocenters. The van der Waals surface area contributed by atoms with Gasteiger partial charge in [-0.25, -0.2) is 9.78 Å². The Hall–Kier alpha value is -2.27. The molecular weight excluding hydrogens is 292 g/mol. The number of anilines is 1. The molecule has 1 aromatic heterocycles. The maximum atomic E-state index is 12.3. The van der Waals surface area contributed by atoms with Gasteiger partial charge in [0.25, 0.3) is 0 Å². The van der Waals surface area contributed by atoms with Gasteiger partial charge in [0.05, 0.1) is 6.54 Å². The lowest BCUT2D eigenvalue weighted by Gasteiger charge is -2.36. The first-order valence-corrected chi connectivity index (χ1v) is 7.33. The van der Waals surface area contributed by atoms with E-state index in [2.05, 4.69) is 15.8 Å². The van der Waals surface area contributed by atoms with Crippen LogP contribution in [0.1, 0.15) is 0 Å². The number of carbonyl (C=O) groups excluding carboxylic acids is 1. The summed E-state index contributed by atoms with van der Waals surface area (Å²) in [6.07, 6.45) is 6.94. The van der Waals surface area contributed by atoms with Crippen LogP contribution in [0.3, 0.4) is 0 Å². The van der Waals surface area contributed by atoms with Crippen LogP contribution in [0, 0.1) is 12.3 Å². The van der Waals surface area contributed by atoms with Crippen molar-refractivity contribution in [1.82, 2.24) is 14.8 Å². The Bertz CT molecular complexity index is 532. The average Bonchev–Trinajstić information content (AvgIpc) is 3.00. The number of terminal acetylenes is 1. The number of urea groups is 1. The van der Waals surface area contributed by atoms with Gasteiger partial charge in [-0.15, -0.1) is 17.8 Å². The van der Waals surface area contributed by atoms with Gasteiger partial charge in [0.2, 0.25) is 0 Å². The first kappa shape index (κ1) is 15.1. The molecule has 1 aliphatic heterocycles. The largest absolute Gasteiger partial charge is 0.480 e. The van der Waals surface area contributed by atoms with Gasteiger partial charge in [-0.3, -0.25) is 4.79 Å². The Morgan fingerprint density at radius 2 is 2.14 bits per heavy atom. The minimum Gasteiger partial charge on any atom is -0.480 e. The third kappa shape index (κ3) is 3.86. The fourth-order valence-corrected chi connectivity index (χ4v) is 2.82. The minimum absolute atomic E-state index is 0.00215. The summed E-state index contributed by atoms with van der Waals surface area (Å²) in [4.78, 5) is 32.2. The molecule has 0 spiro atoms. The van der Waals surface area contributed by atoms with E-state index in [4.69, 9.17) is 11.5 Å². The number of carbonyl (C=O) groups is 2. The van der Waals surface area contributed by atoms with Crippen molar-refractivity contribution in [3.8, 4) is 12.3 Å². The molecule has 1 aliphatic rings. The Balaban J connectivity index is 1.92. The topological polar surface area (TPSA) is 77.0 Å². The van der Waals surface area contributed by atoms with Crippen molar-refractivity contribution in [3.05, 3.63) is 11.6 Å². The lowest BCUT2D eigenvalue weighted by atomic mass is 10.3. The summed E-state index contributed by atoms with van der Waals surface area (Å²) in [6.45, 7) is 2.03. The second-order valence-electron chi connectivity index (χ2n) is 4.53. The molecule has 2 amide bonds. The van der Waals surface area contributed by atoms with Crippen molar-refractivity contribution in [2.24, 2.45) is 0 Å². The molecule has 0 aliphatic carbocycles. The molecule has 112 valence electrons. The van der Waals surface area contributed by atoms with Gasteiger partial charge in [0, 0.05) is 37.8 Å². The van der Waals surface area contributed by atoms with Crippen LogP contribution in [0.5, 0.6) is 0 Å². The van der Waals surface area contributed by atoms with E-state index in [9.17, 15) is 9.59 Å². The predicted molar refractivity (Wildman–Crippen MR) is 79.3 cm³/mol. The van der Waals surface area contributed by atoms with Crippen LogP contribution in [-0.4, -0.2) is 71.2 Å². The first-order valence-electron chi connectivity index (χ1n) is 6.45. The molecule has 1 N–H and O–H groups in total. The molecule has 0 bridgehead atoms. The second kappa shape index (κ2) is 6.95. The molecule has 1 fully saturated rings. The number of aromatic nitrogens is 1. The number of aliphatic carboxylic acids is 1. The molecule has 1 saturated heterocycles. The van der Waals surface area contributed by atoms with E-state index in [1.54, 1.807) is 22.4 Å². The van der Waals surface area contributed by atoms with E-state index >= 15 is 0 Å². The van der Waals surface area contributed by atoms with E-state index in [0.29, 0.717) is 26.2 Å². The molecule has 21 heavy (non-hydrogen) atoms. The number of amides is 2. The van der Waals surface area contributed by atoms with E-state index in [1.807, 2.05) is 5.38 Å². The minimum atomic E-state index is -1.07. The molecule has 8 heteroatoms. The van der Waals surface area contributed by atoms with Crippen LogP contribution < -0.4 is 4.90 Å². The summed E-state index contributed by atoms with van der Waals surface area (Å²) < 4.78 is 0. The molecule has 0 unspecified atom stereocenters. The van der Waals surface area contributed by atoms with Crippen molar-refractivity contribution in [3.63, 3.8) is 0 Å². The molecule has 2 rings (SSSR count). The fourth-order valence-electron chi connectivity index (χ4n) is 2.13. The highest BCUT2D eigenvalue weighted by atomic mass is 32.1. The summed E-state index contributed by atoms with van der Waals surface area (Å²) in [5.41, 5.74) is 0. The predicted octanol–water partition coefficient (Wildman–Crippen LogP) is 0.405. The van der Waals surface area contributed by atoms with Gasteiger partial charge in [0.15, 0.2) is 5.13 Å². The van der Waals surface area contributed by atoms with E-state index in [0.717, 1.165) is 5.13 Å². The highest BCUT2D eigenvalue weighted by Crippen LogP contribution is 2.19. The summed E-state index contributed by atoms with van der Waals surface area (Å²) in [7, 11) is 0. The molecule has 0 saturated carbocycles. The van der Waals surface area contributed by atoms with Crippen LogP contribution in [0.2, 0.25) is 0 Å². The van der Waals surface area contributed by atoms with Crippen molar-refractivity contribution >= 4 is 28.5 Å². The van der Waals surface area contributed by atoms with Gasteiger partial charge in [-0.2, -0.15) is 0 Å². The maximum absolute atomic E-state index is 12.3. The van der Waals surface area contributed by atoms with Crippen LogP contribution in [0.4, 0.5) is 9.93 Å². The summed E-state index contributed by atoms with van der Waals surface area (Å²) in [6, 6.07) is -0.325. The smallest absolute Gasteiger partial charge is 0.323 e. The number of thiazole rings is 1. The summed E-state index contributed by atoms with van der Waals surface area (Å²) >= 11 is 1.56. The zero-order chi connectivity index (χ0) is 15.2. The van der Waals surface area contributed by atoms with Gasteiger partial charge >= 0.3 is 12.0 Å². The number of hydrogen-bond acceptors (Lipinski definition) is 5. The summed E-state index contributed by atoms with van der Waals surface area (Å²) in [5.74, 6) is 1.25. The van der Waals surface area contributed by atoms with Crippen LogP contribution in [0.15, 0.2) is 11.6 Å². The maximum Gasteiger partial charge on any atom is 0.323 e. The highest BCUT2D eigenvalue weighted by molar-refractivity contribution is 7.13. The molecule has 0 aromatic carbocycles. The standard InChI is InChI=1S/C13H16N4O3S/c1-2-4-17(10-11(18)19)13(20)16-7-5-15(6-8-16)12-14-3-9-21-12/h1,3,9H,4-8,10H2,(H,18,19). The van der Waals surface area contributed by atoms with Gasteiger partial charge < -0.3 is 19.8 Å². The fraction of sp³-hybridized carbons (Fsp3) is 0.462. The first-order chi connectivity index (χ1) is 10.1. The monoisotopic (exact) mass is 308 g/mol. The molecule has 0 radical (unpaired) electrons. The molecular formula is C13H16N4O3S. The van der Waals surface area contributed by atoms with Crippen molar-refractivity contribution in [2.45, 2.75) is 0 Å². The van der Waals surface area contributed by atoms with E-state index in [-0.39, 0.29) is 19.1 Å². The van der Waals surface area contributed by atoms with E-state index in [1.165, 1.54) is 4.90 Å². The van der Waals surface area contributed by atoms with E-state index < -0.39 is 5.97 Å². The molecule has 7 nitrogen and oxygen atoms in total. The SMILES string of the molecule is C#CCN(CC(=O)O)C(=O)N1CCN(c2nccs2)CC1. The molecule has 1 aromatic rings. The lowest BCUT2D eigenvalue weighted by Crippen LogP contribution is -2.53. The Kier molecular flexibility index (Phi) is 5.00. The van der Waals surface area contributed by atoms with Crippen molar-refractivity contribution < 1.29 is 14.7 Å². The van der Waals surface area contributed by atoms with Gasteiger partial charge in [-0.1, -0.05) is 5.92 Å². The number of piperazine rings is 1. The third-order valence-electron chi connectivity index (χ3n) is 3.12. The number of nitrogens with zero attached hydrogens (tertiary/aromatic N) is 4. The Morgan fingerprint density at radius 1 is 1.43 bits per heavy atom. The van der Waals surface area contributed by atoms with Gasteiger partial charge in [-0.05, 0) is 0 Å². The van der Waals surface area contributed by atoms with Crippen LogP contribution in [0.25, 0.3) is 0 Å². The normalized spacial score (nSPS) is 14.6. The zero-order valence-corrected chi connectivity index (χ0v) is 12.3. The Morgan fingerprint density at radius 3 is 2.67 bits per heavy atom. The van der Waals surface area contributed by atoms with Crippen molar-refractivity contribution in [1.29, 1.82) is 0 Å². The third-order valence-corrected chi connectivity index (χ3v) is 3.95.